The number of allylic oxidation sites excluding steroid dienone is 3. The van der Waals surface area contributed by atoms with E-state index in [1.807, 2.05) is 6.92 Å². The Hall–Kier alpha value is -1.05. The molecular weight excluding hydrogens is 433 g/mol. The largest absolute Gasteiger partial charge is 0.512 e. The molecule has 0 saturated heterocycles. The molecule has 1 aliphatic carbocycles. The highest BCUT2D eigenvalue weighted by Crippen LogP contribution is 2.45. The molecule has 1 saturated carbocycles. The normalized spacial score (nSPS) is 24.6. The summed E-state index contributed by atoms with van der Waals surface area (Å²) in [6, 6.07) is 1.79. The number of aliphatic hydroxyl groups is 3. The maximum absolute atomic E-state index is 12.2. The van der Waals surface area contributed by atoms with Gasteiger partial charge in [-0.2, -0.15) is 0 Å². The van der Waals surface area contributed by atoms with Crippen LogP contribution in [0.5, 0.6) is 0 Å². The van der Waals surface area contributed by atoms with Crippen molar-refractivity contribution in [2.75, 3.05) is 0 Å². The third-order valence-electron chi connectivity index (χ3n) is 5.85. The van der Waals surface area contributed by atoms with Crippen LogP contribution < -0.4 is 5.73 Å². The average molecular weight is 462 g/mol. The van der Waals surface area contributed by atoms with E-state index in [-0.39, 0.29) is 18.1 Å². The van der Waals surface area contributed by atoms with Gasteiger partial charge in [0, 0.05) is 17.8 Å². The Morgan fingerprint density at radius 2 is 2.14 bits per heavy atom. The van der Waals surface area contributed by atoms with Crippen LogP contribution in [0, 0.1) is 11.8 Å². The van der Waals surface area contributed by atoms with E-state index < -0.39 is 29.4 Å². The third kappa shape index (κ3) is 5.17. The number of aliphatic hydroxyl groups excluding tert-OH is 2. The van der Waals surface area contributed by atoms with Crippen molar-refractivity contribution in [3.05, 3.63) is 44.3 Å². The lowest BCUT2D eigenvalue weighted by molar-refractivity contribution is -0.162. The average Bonchev–Trinajstić information content (AvgIpc) is 3.29. The number of hydrogen-bond donors (Lipinski definition) is 4. The molecule has 5 N–H and O–H groups in total. The Morgan fingerprint density at radius 3 is 2.66 bits per heavy atom. The van der Waals surface area contributed by atoms with Crippen LogP contribution >= 0.6 is 34.5 Å². The van der Waals surface area contributed by atoms with E-state index in [0.29, 0.717) is 34.4 Å². The SMILES string of the molecule is C/C=C\C[C@@H](O)C(O)(C(N)=O)C1CCC[C@H]1/C(O)=C\[C@@H](CC)c1cc(Cl)sc1Cl. The molecule has 5 nitrogen and oxygen atoms in total. The van der Waals surface area contributed by atoms with Crippen molar-refractivity contribution in [1.82, 2.24) is 0 Å². The van der Waals surface area contributed by atoms with Gasteiger partial charge >= 0.3 is 0 Å². The summed E-state index contributed by atoms with van der Waals surface area (Å²) in [6.45, 7) is 3.76. The molecule has 2 unspecified atom stereocenters. The molecular formula is C21H29Cl2NO4S. The minimum absolute atomic E-state index is 0.0793. The first-order valence-corrected chi connectivity index (χ1v) is 11.4. The van der Waals surface area contributed by atoms with Gasteiger partial charge in [0.15, 0.2) is 5.60 Å². The highest BCUT2D eigenvalue weighted by Gasteiger charge is 2.53. The lowest BCUT2D eigenvalue weighted by Gasteiger charge is -2.38. The number of carbonyl (C=O) groups excluding carboxylic acids is 1. The van der Waals surface area contributed by atoms with Gasteiger partial charge < -0.3 is 21.1 Å². The Bertz CT molecular complexity index is 779. The predicted molar refractivity (Wildman–Crippen MR) is 118 cm³/mol. The second kappa shape index (κ2) is 10.3. The molecule has 1 heterocycles. The molecule has 0 aromatic carbocycles. The summed E-state index contributed by atoms with van der Waals surface area (Å²) in [7, 11) is 0. The summed E-state index contributed by atoms with van der Waals surface area (Å²) in [6.07, 6.45) is 6.35. The third-order valence-corrected chi connectivity index (χ3v) is 7.37. The minimum atomic E-state index is -2.12. The summed E-state index contributed by atoms with van der Waals surface area (Å²) in [5.41, 5.74) is 4.24. The standard InChI is InChI=1S/C21H29Cl2NO4S/c1-3-5-9-17(26)21(28,20(24)27)15-8-6-7-13(15)16(25)10-12(4-2)14-11-18(22)29-19(14)23/h3,5,10-13,15,17,25-26,28H,4,6-9H2,1-2H3,(H2,24,27)/b5-3-,16-10+/t12-,13-,15?,17-,21?/m1/s1. The lowest BCUT2D eigenvalue weighted by Crippen LogP contribution is -2.59. The van der Waals surface area contributed by atoms with Gasteiger partial charge in [-0.1, -0.05) is 48.7 Å². The van der Waals surface area contributed by atoms with Crippen molar-refractivity contribution in [1.29, 1.82) is 0 Å². The fraction of sp³-hybridized carbons (Fsp3) is 0.571. The number of thiophene rings is 1. The number of amides is 1. The van der Waals surface area contributed by atoms with E-state index >= 15 is 0 Å². The van der Waals surface area contributed by atoms with E-state index in [9.17, 15) is 20.1 Å². The molecule has 5 atom stereocenters. The zero-order chi connectivity index (χ0) is 21.8. The Labute approximate surface area is 185 Å². The summed E-state index contributed by atoms with van der Waals surface area (Å²) in [5, 5.41) is 32.6. The molecule has 0 spiro atoms. The van der Waals surface area contributed by atoms with Gasteiger partial charge in [-0.15, -0.1) is 11.3 Å². The number of primary amides is 1. The minimum Gasteiger partial charge on any atom is -0.512 e. The maximum atomic E-state index is 12.2. The van der Waals surface area contributed by atoms with Gasteiger partial charge in [0.05, 0.1) is 20.5 Å². The molecule has 1 fully saturated rings. The molecule has 1 aliphatic rings. The van der Waals surface area contributed by atoms with Gasteiger partial charge in [0.1, 0.15) is 0 Å². The number of carbonyl (C=O) groups is 1. The molecule has 1 amide bonds. The molecule has 1 aromatic rings. The van der Waals surface area contributed by atoms with Crippen LogP contribution in [0.1, 0.15) is 57.4 Å². The summed E-state index contributed by atoms with van der Waals surface area (Å²) >= 11 is 13.6. The van der Waals surface area contributed by atoms with Crippen LogP contribution in [-0.2, 0) is 4.79 Å². The van der Waals surface area contributed by atoms with Crippen molar-refractivity contribution in [3.8, 4) is 0 Å². The lowest BCUT2D eigenvalue weighted by atomic mass is 9.74. The smallest absolute Gasteiger partial charge is 0.252 e. The van der Waals surface area contributed by atoms with E-state index in [1.54, 1.807) is 31.2 Å². The second-order valence-electron chi connectivity index (χ2n) is 7.54. The van der Waals surface area contributed by atoms with Crippen molar-refractivity contribution >= 4 is 40.4 Å². The van der Waals surface area contributed by atoms with E-state index in [2.05, 4.69) is 0 Å². The molecule has 0 aliphatic heterocycles. The summed E-state index contributed by atoms with van der Waals surface area (Å²) < 4.78 is 1.15. The van der Waals surface area contributed by atoms with Gasteiger partial charge in [-0.3, -0.25) is 4.79 Å². The molecule has 29 heavy (non-hydrogen) atoms. The van der Waals surface area contributed by atoms with Crippen molar-refractivity contribution < 1.29 is 20.1 Å². The first-order valence-electron chi connectivity index (χ1n) is 9.83. The van der Waals surface area contributed by atoms with Crippen LogP contribution in [0.25, 0.3) is 0 Å². The molecule has 8 heteroatoms. The van der Waals surface area contributed by atoms with Crippen LogP contribution in [0.2, 0.25) is 8.67 Å². The van der Waals surface area contributed by atoms with Gasteiger partial charge in [0.2, 0.25) is 0 Å². The fourth-order valence-electron chi connectivity index (χ4n) is 4.24. The van der Waals surface area contributed by atoms with E-state index in [0.717, 1.165) is 5.56 Å². The Kier molecular flexibility index (Phi) is 8.61. The maximum Gasteiger partial charge on any atom is 0.252 e. The fourth-order valence-corrected chi connectivity index (χ4v) is 5.84. The van der Waals surface area contributed by atoms with Crippen LogP contribution in [0.3, 0.4) is 0 Å². The highest BCUT2D eigenvalue weighted by atomic mass is 35.5. The first kappa shape index (κ1) is 24.2. The van der Waals surface area contributed by atoms with Crippen molar-refractivity contribution in [3.63, 3.8) is 0 Å². The quantitative estimate of drug-likeness (QED) is 0.308. The van der Waals surface area contributed by atoms with Crippen molar-refractivity contribution in [2.24, 2.45) is 17.6 Å². The van der Waals surface area contributed by atoms with Gasteiger partial charge in [0.25, 0.3) is 5.91 Å². The van der Waals surface area contributed by atoms with E-state index in [4.69, 9.17) is 28.9 Å². The summed E-state index contributed by atoms with van der Waals surface area (Å²) in [5.74, 6) is -2.19. The van der Waals surface area contributed by atoms with Crippen molar-refractivity contribution in [2.45, 2.75) is 63.6 Å². The monoisotopic (exact) mass is 461 g/mol. The Morgan fingerprint density at radius 1 is 1.45 bits per heavy atom. The van der Waals surface area contributed by atoms with Gasteiger partial charge in [-0.05, 0) is 50.3 Å². The zero-order valence-electron chi connectivity index (χ0n) is 16.6. The predicted octanol–water partition coefficient (Wildman–Crippen LogP) is 4.95. The molecule has 0 radical (unpaired) electrons. The number of hydrogen-bond acceptors (Lipinski definition) is 5. The number of halogens is 2. The number of rotatable bonds is 9. The zero-order valence-corrected chi connectivity index (χ0v) is 19.0. The topological polar surface area (TPSA) is 104 Å². The van der Waals surface area contributed by atoms with Crippen LogP contribution in [0.15, 0.2) is 30.1 Å². The first-order chi connectivity index (χ1) is 13.7. The van der Waals surface area contributed by atoms with Crippen LogP contribution in [-0.4, -0.2) is 32.9 Å². The molecule has 2 rings (SSSR count). The molecule has 0 bridgehead atoms. The van der Waals surface area contributed by atoms with E-state index in [1.165, 1.54) is 11.3 Å². The van der Waals surface area contributed by atoms with Crippen LogP contribution in [0.4, 0.5) is 0 Å². The number of nitrogens with two attached hydrogens (primary N) is 1. The second-order valence-corrected chi connectivity index (χ2v) is 9.83. The Balaban J connectivity index is 2.35. The van der Waals surface area contributed by atoms with Gasteiger partial charge in [-0.25, -0.2) is 0 Å². The summed E-state index contributed by atoms with van der Waals surface area (Å²) in [4.78, 5) is 12.2. The molecule has 162 valence electrons. The highest BCUT2D eigenvalue weighted by molar-refractivity contribution is 7.20. The molecule has 1 aromatic heterocycles.